The summed E-state index contributed by atoms with van der Waals surface area (Å²) in [6, 6.07) is 0. The predicted molar refractivity (Wildman–Crippen MR) is 7.37 cm³/mol. The zero-order chi connectivity index (χ0) is 0. The fraction of sp³-hybridized carbons (Fsp3) is 0. The Kier molecular flexibility index (Phi) is 199. The Hall–Kier alpha value is 1.92. The topological polar surface area (TPSA) is 0 Å². The molecule has 26 valence electrons. The third-order valence-corrected chi connectivity index (χ3v) is 0. The van der Waals surface area contributed by atoms with E-state index in [-0.39, 0.29) is 65.0 Å². The van der Waals surface area contributed by atoms with E-state index in [0.717, 1.165) is 0 Å². The molecule has 0 aromatic heterocycles. The van der Waals surface area contributed by atoms with Crippen LogP contribution in [0.2, 0.25) is 0 Å². The van der Waals surface area contributed by atoms with Gasteiger partial charge in [0.15, 0.2) is 0 Å². The van der Waals surface area contributed by atoms with E-state index >= 15 is 0 Å². The van der Waals surface area contributed by atoms with Crippen molar-refractivity contribution in [1.29, 1.82) is 0 Å². The number of rotatable bonds is 0. The first-order valence-electron chi connectivity index (χ1n) is 0. The molecule has 0 aliphatic rings. The minimum absolute atomic E-state index is 0. The van der Waals surface area contributed by atoms with Crippen molar-refractivity contribution >= 4 is 13.5 Å². The molecule has 0 saturated heterocycles. The molecule has 0 rings (SSSR count). The average Bonchev–Trinajstić information content (AvgIpc) is 0. The van der Waals surface area contributed by atoms with Crippen LogP contribution < -0.4 is 0 Å². The molecular weight excluding hydrogens is 203 g/mol. The van der Waals surface area contributed by atoms with Gasteiger partial charge < -0.3 is 13.5 Å². The van der Waals surface area contributed by atoms with Gasteiger partial charge in [-0.25, -0.2) is 0 Å². The molecule has 0 aliphatic heterocycles. The van der Waals surface area contributed by atoms with Gasteiger partial charge in [0.1, 0.15) is 0 Å². The molecule has 0 aromatic carbocycles. The zero-order valence-corrected chi connectivity index (χ0v) is 5.61. The van der Waals surface area contributed by atoms with Gasteiger partial charge in [0, 0.05) is 0 Å². The Morgan fingerprint density at radius 3 is 1.00 bits per heavy atom. The van der Waals surface area contributed by atoms with E-state index in [2.05, 4.69) is 0 Å². The van der Waals surface area contributed by atoms with Gasteiger partial charge in [0.2, 0.25) is 0 Å². The van der Waals surface area contributed by atoms with Crippen molar-refractivity contribution in [3.63, 3.8) is 0 Å². The van der Waals surface area contributed by atoms with Crippen molar-refractivity contribution in [2.45, 2.75) is 0 Å². The molecule has 0 spiro atoms. The molecular formula is CrCuFeS+5. The second kappa shape index (κ2) is 20.5. The molecule has 2 radical (unpaired) electrons. The Labute approximate surface area is 64.6 Å². The van der Waals surface area contributed by atoms with Crippen LogP contribution >= 0.6 is 0 Å². The summed E-state index contributed by atoms with van der Waals surface area (Å²) in [7, 11) is 0. The summed E-state index contributed by atoms with van der Waals surface area (Å²) in [6.07, 6.45) is 0. The minimum Gasteiger partial charge on any atom is -2.00 e. The summed E-state index contributed by atoms with van der Waals surface area (Å²) in [5.41, 5.74) is 0. The van der Waals surface area contributed by atoms with Crippen molar-refractivity contribution < 1.29 is 51.5 Å². The first-order chi connectivity index (χ1) is 0. The van der Waals surface area contributed by atoms with Crippen LogP contribution in [0.1, 0.15) is 0 Å². The molecule has 0 aliphatic carbocycles. The quantitative estimate of drug-likeness (QED) is 0.486. The fourth-order valence-electron chi connectivity index (χ4n) is 0. The van der Waals surface area contributed by atoms with Crippen LogP contribution in [0.15, 0.2) is 0 Å². The van der Waals surface area contributed by atoms with E-state index in [1.807, 2.05) is 0 Å². The second-order valence-corrected chi connectivity index (χ2v) is 0. The van der Waals surface area contributed by atoms with Crippen LogP contribution in [0.5, 0.6) is 0 Å². The van der Waals surface area contributed by atoms with Gasteiger partial charge in [-0.3, -0.25) is 0 Å². The van der Waals surface area contributed by atoms with Gasteiger partial charge >= 0.3 is 51.5 Å². The van der Waals surface area contributed by atoms with Crippen LogP contribution in [0.25, 0.3) is 0 Å². The van der Waals surface area contributed by atoms with Crippen molar-refractivity contribution in [3.05, 3.63) is 0 Å². The molecule has 0 aromatic rings. The van der Waals surface area contributed by atoms with Gasteiger partial charge in [-0.1, -0.05) is 0 Å². The Morgan fingerprint density at radius 1 is 1.00 bits per heavy atom. The number of hydrogen-bond donors (Lipinski definition) is 0. The molecule has 0 N–H and O–H groups in total. The van der Waals surface area contributed by atoms with Crippen LogP contribution in [-0.4, -0.2) is 0 Å². The third-order valence-electron chi connectivity index (χ3n) is 0. The summed E-state index contributed by atoms with van der Waals surface area (Å²) in [6.45, 7) is 0. The van der Waals surface area contributed by atoms with E-state index in [1.54, 1.807) is 0 Å². The Bertz CT molecular complexity index is 8.00. The summed E-state index contributed by atoms with van der Waals surface area (Å²) in [4.78, 5) is 0. The minimum atomic E-state index is 0. The summed E-state index contributed by atoms with van der Waals surface area (Å²) < 4.78 is 0. The average molecular weight is 203 g/mol. The SMILES string of the molecule is [Cr+3].[Cu+2].[Fe+2].[S-2]. The Morgan fingerprint density at radius 2 is 1.00 bits per heavy atom. The van der Waals surface area contributed by atoms with Crippen molar-refractivity contribution in [3.8, 4) is 0 Å². The van der Waals surface area contributed by atoms with E-state index < -0.39 is 0 Å². The predicted octanol–water partition coefficient (Wildman–Crippen LogP) is -0.00990. The molecule has 0 fully saturated rings. The van der Waals surface area contributed by atoms with Crippen LogP contribution in [0, 0.1) is 0 Å². The molecule has 0 bridgehead atoms. The van der Waals surface area contributed by atoms with Gasteiger partial charge in [-0.15, -0.1) is 0 Å². The normalized spacial score (nSPS) is 0. The smallest absolute Gasteiger partial charge is 2.00 e. The molecule has 4 heteroatoms. The van der Waals surface area contributed by atoms with Crippen molar-refractivity contribution in [1.82, 2.24) is 0 Å². The van der Waals surface area contributed by atoms with E-state index in [4.69, 9.17) is 0 Å². The largest absolute Gasteiger partial charge is 3.00 e. The van der Waals surface area contributed by atoms with Gasteiger partial charge in [-0.2, -0.15) is 0 Å². The molecule has 0 nitrogen and oxygen atoms in total. The van der Waals surface area contributed by atoms with Gasteiger partial charge in [-0.05, 0) is 0 Å². The van der Waals surface area contributed by atoms with Gasteiger partial charge in [0.25, 0.3) is 0 Å². The van der Waals surface area contributed by atoms with Crippen LogP contribution in [0.4, 0.5) is 0 Å². The zero-order valence-electron chi connectivity index (χ0n) is 1.47. The standard InChI is InChI=1S/Cr.Cu.Fe.S/q+3;2*+2;-2. The van der Waals surface area contributed by atoms with Crippen molar-refractivity contribution in [2.75, 3.05) is 0 Å². The third kappa shape index (κ3) is 9.07. The first kappa shape index (κ1) is 38.8. The fourth-order valence-corrected chi connectivity index (χ4v) is 0. The second-order valence-electron chi connectivity index (χ2n) is 0. The van der Waals surface area contributed by atoms with E-state index in [9.17, 15) is 0 Å². The molecule has 0 saturated carbocycles. The molecule has 0 unspecified atom stereocenters. The van der Waals surface area contributed by atoms with E-state index in [1.165, 1.54) is 0 Å². The van der Waals surface area contributed by atoms with Crippen LogP contribution in [0.3, 0.4) is 0 Å². The van der Waals surface area contributed by atoms with E-state index in [0.29, 0.717) is 0 Å². The maximum absolute atomic E-state index is 0. The molecule has 4 heavy (non-hydrogen) atoms. The summed E-state index contributed by atoms with van der Waals surface area (Å²) in [5, 5.41) is 0. The van der Waals surface area contributed by atoms with Crippen molar-refractivity contribution in [2.24, 2.45) is 0 Å². The first-order valence-corrected chi connectivity index (χ1v) is 0. The maximum atomic E-state index is 0. The van der Waals surface area contributed by atoms with Crippen LogP contribution in [-0.2, 0) is 65.0 Å². The maximum Gasteiger partial charge on any atom is 3.00 e. The molecule has 0 amide bonds. The molecule has 0 atom stereocenters. The monoisotopic (exact) mass is 203 g/mol. The number of hydrogen-bond acceptors (Lipinski definition) is 0. The Balaban J connectivity index is 0. The summed E-state index contributed by atoms with van der Waals surface area (Å²) >= 11 is 0. The summed E-state index contributed by atoms with van der Waals surface area (Å²) in [5.74, 6) is 0. The molecule has 0 heterocycles. The van der Waals surface area contributed by atoms with Gasteiger partial charge in [0.05, 0.1) is 0 Å².